The molecule has 0 radical (unpaired) electrons. The predicted octanol–water partition coefficient (Wildman–Crippen LogP) is 2.53. The van der Waals surface area contributed by atoms with Gasteiger partial charge in [-0.15, -0.1) is 0 Å². The molecule has 5 nitrogen and oxygen atoms in total. The van der Waals surface area contributed by atoms with Crippen LogP contribution in [0.1, 0.15) is 39.2 Å². The minimum Gasteiger partial charge on any atom is -0.287 e. The highest BCUT2D eigenvalue weighted by atomic mass is 32.2. The lowest BCUT2D eigenvalue weighted by atomic mass is 9.82. The van der Waals surface area contributed by atoms with Gasteiger partial charge in [0.1, 0.15) is 0 Å². The molecular weight excluding hydrogens is 346 g/mol. The molecule has 0 spiro atoms. The van der Waals surface area contributed by atoms with Gasteiger partial charge in [-0.05, 0) is 44.2 Å². The number of aryl methyl sites for hydroxylation is 1. The van der Waals surface area contributed by atoms with Crippen LogP contribution >= 0.6 is 0 Å². The highest BCUT2D eigenvalue weighted by molar-refractivity contribution is 7.89. The third-order valence-electron chi connectivity index (χ3n) is 5.14. The van der Waals surface area contributed by atoms with E-state index in [2.05, 4.69) is 18.6 Å². The van der Waals surface area contributed by atoms with E-state index in [9.17, 15) is 12.6 Å². The van der Waals surface area contributed by atoms with E-state index in [1.807, 2.05) is 13.8 Å². The Morgan fingerprint density at radius 2 is 1.79 bits per heavy atom. The van der Waals surface area contributed by atoms with Crippen LogP contribution in [-0.2, 0) is 25.3 Å². The first-order chi connectivity index (χ1) is 11.0. The molecule has 134 valence electrons. The van der Waals surface area contributed by atoms with E-state index < -0.39 is 26.6 Å². The number of hydrogen-bond donors (Lipinski definition) is 1. The predicted molar refractivity (Wildman–Crippen MR) is 94.3 cm³/mol. The first-order valence-electron chi connectivity index (χ1n) is 8.17. The Kier molecular flexibility index (Phi) is 4.44. The zero-order valence-corrected chi connectivity index (χ0v) is 16.2. The molecule has 24 heavy (non-hydrogen) atoms. The van der Waals surface area contributed by atoms with Crippen molar-refractivity contribution in [2.24, 2.45) is 11.3 Å². The molecule has 0 bridgehead atoms. The maximum Gasteiger partial charge on any atom is 0.241 e. The number of nitrogens with one attached hydrogen (secondary N) is 1. The van der Waals surface area contributed by atoms with Gasteiger partial charge in [-0.1, -0.05) is 31.5 Å². The van der Waals surface area contributed by atoms with Gasteiger partial charge in [0.05, 0.1) is 16.8 Å². The number of sulfonamides is 1. The van der Waals surface area contributed by atoms with E-state index in [4.69, 9.17) is 4.18 Å². The molecule has 7 heteroatoms. The standard InChI is InChI=1S/C17H25NO4S2/c1-12-5-7-13(8-6-12)24(20,21)18-17(4)11-23(19)22-15-10-16(2,3)9-14(15)17/h5-8,14-15,18H,9-11H2,1-4H3/t14-,15+,17+,23?/m1/s1. The molecule has 2 aliphatic rings. The van der Waals surface area contributed by atoms with E-state index in [0.29, 0.717) is 0 Å². The summed E-state index contributed by atoms with van der Waals surface area (Å²) in [6.07, 6.45) is 1.48. The minimum absolute atomic E-state index is 0.0189. The van der Waals surface area contributed by atoms with Crippen LogP contribution in [-0.4, -0.2) is 30.0 Å². The highest BCUT2D eigenvalue weighted by Gasteiger charge is 2.54. The molecule has 1 unspecified atom stereocenters. The lowest BCUT2D eigenvalue weighted by Crippen LogP contribution is -2.60. The van der Waals surface area contributed by atoms with E-state index in [1.54, 1.807) is 24.3 Å². The summed E-state index contributed by atoms with van der Waals surface area (Å²) < 4.78 is 46.3. The number of rotatable bonds is 3. The number of hydrogen-bond acceptors (Lipinski definition) is 4. The fourth-order valence-electron chi connectivity index (χ4n) is 3.95. The zero-order chi connectivity index (χ0) is 17.8. The number of benzene rings is 1. The minimum atomic E-state index is -3.67. The molecule has 0 aromatic heterocycles. The zero-order valence-electron chi connectivity index (χ0n) is 14.5. The van der Waals surface area contributed by atoms with Gasteiger partial charge < -0.3 is 0 Å². The number of fused-ring (bicyclic) bond motifs is 1. The van der Waals surface area contributed by atoms with Crippen LogP contribution < -0.4 is 4.72 Å². The van der Waals surface area contributed by atoms with Crippen molar-refractivity contribution in [3.63, 3.8) is 0 Å². The summed E-state index contributed by atoms with van der Waals surface area (Å²) >= 11 is -1.48. The van der Waals surface area contributed by atoms with Crippen LogP contribution in [0.15, 0.2) is 29.2 Å². The Morgan fingerprint density at radius 1 is 1.17 bits per heavy atom. The van der Waals surface area contributed by atoms with E-state index >= 15 is 0 Å². The van der Waals surface area contributed by atoms with Gasteiger partial charge in [0.25, 0.3) is 0 Å². The Hall–Kier alpha value is -0.760. The fourth-order valence-corrected chi connectivity index (χ4v) is 6.81. The van der Waals surface area contributed by atoms with Crippen molar-refractivity contribution in [3.8, 4) is 0 Å². The molecule has 0 amide bonds. The SMILES string of the molecule is Cc1ccc(S(=O)(=O)N[C@@]2(C)CS(=O)O[C@H]3CC(C)(C)C[C@H]32)cc1. The lowest BCUT2D eigenvalue weighted by Gasteiger charge is -2.42. The first kappa shape index (κ1) is 18.0. The maximum atomic E-state index is 12.8. The van der Waals surface area contributed by atoms with Gasteiger partial charge in [0.15, 0.2) is 11.1 Å². The van der Waals surface area contributed by atoms with Crippen LogP contribution in [0.3, 0.4) is 0 Å². The van der Waals surface area contributed by atoms with Crippen molar-refractivity contribution < 1.29 is 16.8 Å². The maximum absolute atomic E-state index is 12.8. The summed E-state index contributed by atoms with van der Waals surface area (Å²) in [7, 11) is -3.67. The van der Waals surface area contributed by atoms with Crippen molar-refractivity contribution in [1.29, 1.82) is 0 Å². The summed E-state index contributed by atoms with van der Waals surface area (Å²) in [5.41, 5.74) is 0.288. The van der Waals surface area contributed by atoms with Crippen molar-refractivity contribution in [2.45, 2.75) is 57.1 Å². The monoisotopic (exact) mass is 371 g/mol. The van der Waals surface area contributed by atoms with Crippen LogP contribution in [0.5, 0.6) is 0 Å². The van der Waals surface area contributed by atoms with Crippen molar-refractivity contribution in [3.05, 3.63) is 29.8 Å². The Labute approximate surface area is 146 Å². The summed E-state index contributed by atoms with van der Waals surface area (Å²) in [5, 5.41) is 0. The van der Waals surface area contributed by atoms with E-state index in [1.165, 1.54) is 0 Å². The second kappa shape index (κ2) is 5.90. The van der Waals surface area contributed by atoms with Crippen molar-refractivity contribution in [2.75, 3.05) is 5.75 Å². The Balaban J connectivity index is 1.91. The molecule has 4 atom stereocenters. The van der Waals surface area contributed by atoms with Crippen molar-refractivity contribution in [1.82, 2.24) is 4.72 Å². The summed E-state index contributed by atoms with van der Waals surface area (Å²) in [6, 6.07) is 6.77. The second-order valence-electron chi connectivity index (χ2n) is 8.10. The third kappa shape index (κ3) is 3.45. The van der Waals surface area contributed by atoms with Crippen LogP contribution in [0, 0.1) is 18.3 Å². The van der Waals surface area contributed by atoms with E-state index in [-0.39, 0.29) is 28.1 Å². The quantitative estimate of drug-likeness (QED) is 0.886. The second-order valence-corrected chi connectivity index (χ2v) is 10.9. The molecular formula is C17H25NO4S2. The molecule has 1 aromatic rings. The normalized spacial score (nSPS) is 35.6. The topological polar surface area (TPSA) is 72.5 Å². The molecule has 1 saturated heterocycles. The average Bonchev–Trinajstić information content (AvgIpc) is 2.73. The average molecular weight is 372 g/mol. The molecule has 1 aliphatic carbocycles. The third-order valence-corrected chi connectivity index (χ3v) is 8.07. The summed E-state index contributed by atoms with van der Waals surface area (Å²) in [4.78, 5) is 0.236. The van der Waals surface area contributed by atoms with Crippen LogP contribution in [0.2, 0.25) is 0 Å². The molecule has 1 aromatic carbocycles. The smallest absolute Gasteiger partial charge is 0.241 e. The Morgan fingerprint density at radius 3 is 2.42 bits per heavy atom. The largest absolute Gasteiger partial charge is 0.287 e. The summed E-state index contributed by atoms with van der Waals surface area (Å²) in [5.74, 6) is 0.195. The van der Waals surface area contributed by atoms with Gasteiger partial charge in [-0.25, -0.2) is 17.3 Å². The van der Waals surface area contributed by atoms with Gasteiger partial charge in [0, 0.05) is 11.5 Å². The molecule has 1 N–H and O–H groups in total. The van der Waals surface area contributed by atoms with Gasteiger partial charge >= 0.3 is 0 Å². The van der Waals surface area contributed by atoms with Crippen molar-refractivity contribution >= 4 is 21.1 Å². The van der Waals surface area contributed by atoms with Gasteiger partial charge in [0.2, 0.25) is 10.0 Å². The lowest BCUT2D eigenvalue weighted by molar-refractivity contribution is 0.103. The molecule has 1 saturated carbocycles. The molecule has 2 fully saturated rings. The molecule has 1 heterocycles. The van der Waals surface area contributed by atoms with Crippen LogP contribution in [0.25, 0.3) is 0 Å². The van der Waals surface area contributed by atoms with Gasteiger partial charge in [-0.2, -0.15) is 0 Å². The molecule has 3 rings (SSSR count). The summed E-state index contributed by atoms with van der Waals surface area (Å²) in [6.45, 7) is 8.06. The molecule has 1 aliphatic heterocycles. The van der Waals surface area contributed by atoms with Gasteiger partial charge in [-0.3, -0.25) is 4.18 Å². The first-order valence-corrected chi connectivity index (χ1v) is 10.9. The fraction of sp³-hybridized carbons (Fsp3) is 0.647. The highest BCUT2D eigenvalue weighted by Crippen LogP contribution is 2.49. The van der Waals surface area contributed by atoms with Crippen LogP contribution in [0.4, 0.5) is 0 Å². The van der Waals surface area contributed by atoms with E-state index in [0.717, 1.165) is 18.4 Å². The Bertz CT molecular complexity index is 757.